The van der Waals surface area contributed by atoms with E-state index in [0.717, 1.165) is 35.7 Å². The molecule has 6 atom stereocenters. The van der Waals surface area contributed by atoms with Gasteiger partial charge in [-0.05, 0) is 80.6 Å². The number of allylic oxidation sites excluding steroid dienone is 3. The molecule has 0 aromatic carbocycles. The van der Waals surface area contributed by atoms with Crippen molar-refractivity contribution in [2.75, 3.05) is 0 Å². The Kier molecular flexibility index (Phi) is 3.66. The van der Waals surface area contributed by atoms with Crippen molar-refractivity contribution in [1.82, 2.24) is 0 Å². The topological polar surface area (TPSA) is 17.1 Å². The lowest BCUT2D eigenvalue weighted by Gasteiger charge is -2.36. The van der Waals surface area contributed by atoms with Crippen molar-refractivity contribution in [3.8, 4) is 0 Å². The summed E-state index contributed by atoms with van der Waals surface area (Å²) >= 11 is 0. The van der Waals surface area contributed by atoms with Gasteiger partial charge in [-0.3, -0.25) is 4.79 Å². The monoisotopic (exact) mass is 286 g/mol. The van der Waals surface area contributed by atoms with Crippen molar-refractivity contribution in [3.63, 3.8) is 0 Å². The van der Waals surface area contributed by atoms with E-state index >= 15 is 0 Å². The van der Waals surface area contributed by atoms with E-state index < -0.39 is 0 Å². The number of rotatable bonds is 4. The highest BCUT2D eigenvalue weighted by Crippen LogP contribution is 2.79. The standard InChI is InChI=1S/C20H30O/c1-12(2)10-16(21)11-14(4)17-7-6-15(5)20-9-8-13(3)18(20)19(17)20/h10,14-15,17-19H,3,6-9,11H2,1-2,4-5H3. The molecule has 0 bridgehead atoms. The fourth-order valence-electron chi connectivity index (χ4n) is 5.88. The normalized spacial score (nSPS) is 42.0. The van der Waals surface area contributed by atoms with Crippen molar-refractivity contribution >= 4 is 5.78 Å². The summed E-state index contributed by atoms with van der Waals surface area (Å²) in [7, 11) is 0. The average Bonchev–Trinajstić information content (AvgIpc) is 2.95. The zero-order valence-corrected chi connectivity index (χ0v) is 14.1. The lowest BCUT2D eigenvalue weighted by molar-refractivity contribution is -0.116. The van der Waals surface area contributed by atoms with Crippen LogP contribution in [0.5, 0.6) is 0 Å². The van der Waals surface area contributed by atoms with Crippen LogP contribution in [0.2, 0.25) is 0 Å². The first-order chi connectivity index (χ1) is 9.87. The smallest absolute Gasteiger partial charge is 0.155 e. The Morgan fingerprint density at radius 3 is 2.81 bits per heavy atom. The summed E-state index contributed by atoms with van der Waals surface area (Å²) < 4.78 is 0. The SMILES string of the molecule is C=C1CCC23C(C)CCC(C(C)CC(=O)C=C(C)C)C2C13. The first kappa shape index (κ1) is 15.1. The van der Waals surface area contributed by atoms with Gasteiger partial charge in [0.2, 0.25) is 0 Å². The Bertz CT molecular complexity index is 496. The highest BCUT2D eigenvalue weighted by atomic mass is 16.1. The Morgan fingerprint density at radius 1 is 1.43 bits per heavy atom. The van der Waals surface area contributed by atoms with Gasteiger partial charge in [-0.2, -0.15) is 0 Å². The highest BCUT2D eigenvalue weighted by molar-refractivity contribution is 5.90. The van der Waals surface area contributed by atoms with Gasteiger partial charge in [-0.25, -0.2) is 0 Å². The molecule has 3 saturated carbocycles. The second kappa shape index (κ2) is 5.11. The number of ketones is 1. The van der Waals surface area contributed by atoms with E-state index in [2.05, 4.69) is 20.4 Å². The van der Waals surface area contributed by atoms with E-state index in [0.29, 0.717) is 17.1 Å². The van der Waals surface area contributed by atoms with Gasteiger partial charge in [-0.1, -0.05) is 31.6 Å². The largest absolute Gasteiger partial charge is 0.295 e. The maximum absolute atomic E-state index is 12.1. The van der Waals surface area contributed by atoms with Gasteiger partial charge < -0.3 is 0 Å². The summed E-state index contributed by atoms with van der Waals surface area (Å²) in [5.74, 6) is 4.10. The Labute approximate surface area is 129 Å². The lowest BCUT2D eigenvalue weighted by atomic mass is 9.68. The maximum Gasteiger partial charge on any atom is 0.155 e. The molecule has 3 fully saturated rings. The molecule has 0 radical (unpaired) electrons. The first-order valence-electron chi connectivity index (χ1n) is 8.73. The van der Waals surface area contributed by atoms with Crippen LogP contribution < -0.4 is 0 Å². The van der Waals surface area contributed by atoms with Gasteiger partial charge >= 0.3 is 0 Å². The first-order valence-corrected chi connectivity index (χ1v) is 8.73. The van der Waals surface area contributed by atoms with Crippen molar-refractivity contribution in [2.45, 2.75) is 59.8 Å². The van der Waals surface area contributed by atoms with Gasteiger partial charge in [-0.15, -0.1) is 0 Å². The zero-order chi connectivity index (χ0) is 15.4. The third-order valence-electron chi connectivity index (χ3n) is 6.78. The lowest BCUT2D eigenvalue weighted by Crippen LogP contribution is -2.29. The molecular weight excluding hydrogens is 256 g/mol. The molecular formula is C20H30O. The van der Waals surface area contributed by atoms with Crippen LogP contribution in [0.1, 0.15) is 59.8 Å². The molecule has 3 rings (SSSR count). The van der Waals surface area contributed by atoms with E-state index in [-0.39, 0.29) is 0 Å². The average molecular weight is 286 g/mol. The van der Waals surface area contributed by atoms with Crippen LogP contribution in [0.3, 0.4) is 0 Å². The number of hydrogen-bond donors (Lipinski definition) is 0. The molecule has 0 heterocycles. The van der Waals surface area contributed by atoms with Gasteiger partial charge in [0.05, 0.1) is 0 Å². The third kappa shape index (κ3) is 2.24. The summed E-state index contributed by atoms with van der Waals surface area (Å²) in [6.45, 7) is 13.1. The van der Waals surface area contributed by atoms with Crippen LogP contribution in [-0.4, -0.2) is 5.78 Å². The fraction of sp³-hybridized carbons (Fsp3) is 0.750. The highest BCUT2D eigenvalue weighted by Gasteiger charge is 2.73. The molecule has 0 aromatic rings. The number of carbonyl (C=O) groups is 1. The summed E-state index contributed by atoms with van der Waals surface area (Å²) in [6.07, 6.45) is 7.85. The minimum absolute atomic E-state index is 0.319. The minimum Gasteiger partial charge on any atom is -0.295 e. The maximum atomic E-state index is 12.1. The van der Waals surface area contributed by atoms with E-state index in [1.54, 1.807) is 0 Å². The van der Waals surface area contributed by atoms with Crippen molar-refractivity contribution in [2.24, 2.45) is 35.0 Å². The Balaban J connectivity index is 1.71. The van der Waals surface area contributed by atoms with E-state index in [1.807, 2.05) is 19.9 Å². The van der Waals surface area contributed by atoms with Gasteiger partial charge in [0.1, 0.15) is 0 Å². The molecule has 3 aliphatic carbocycles. The predicted octanol–water partition coefficient (Wildman–Crippen LogP) is 5.18. The fourth-order valence-corrected chi connectivity index (χ4v) is 5.88. The Hall–Kier alpha value is -0.850. The van der Waals surface area contributed by atoms with Crippen LogP contribution in [0.15, 0.2) is 23.8 Å². The molecule has 0 N–H and O–H groups in total. The molecule has 1 heteroatoms. The van der Waals surface area contributed by atoms with Crippen molar-refractivity contribution in [1.29, 1.82) is 0 Å². The minimum atomic E-state index is 0.319. The summed E-state index contributed by atoms with van der Waals surface area (Å²) in [5, 5.41) is 0. The van der Waals surface area contributed by atoms with E-state index in [4.69, 9.17) is 0 Å². The molecule has 3 aliphatic rings. The van der Waals surface area contributed by atoms with Gasteiger partial charge in [0.25, 0.3) is 0 Å². The quantitative estimate of drug-likeness (QED) is 0.514. The zero-order valence-electron chi connectivity index (χ0n) is 14.1. The predicted molar refractivity (Wildman–Crippen MR) is 87.9 cm³/mol. The molecule has 116 valence electrons. The Morgan fingerprint density at radius 2 is 2.14 bits per heavy atom. The van der Waals surface area contributed by atoms with Crippen LogP contribution >= 0.6 is 0 Å². The van der Waals surface area contributed by atoms with Gasteiger partial charge in [0, 0.05) is 6.42 Å². The molecule has 6 unspecified atom stereocenters. The molecule has 0 aromatic heterocycles. The van der Waals surface area contributed by atoms with E-state index in [9.17, 15) is 4.79 Å². The summed E-state index contributed by atoms with van der Waals surface area (Å²) in [5.41, 5.74) is 3.23. The summed E-state index contributed by atoms with van der Waals surface area (Å²) in [4.78, 5) is 12.1. The van der Waals surface area contributed by atoms with Crippen LogP contribution in [0.4, 0.5) is 0 Å². The molecule has 21 heavy (non-hydrogen) atoms. The van der Waals surface area contributed by atoms with Crippen LogP contribution in [-0.2, 0) is 4.79 Å². The van der Waals surface area contributed by atoms with Crippen LogP contribution in [0, 0.1) is 35.0 Å². The molecule has 1 nitrogen and oxygen atoms in total. The van der Waals surface area contributed by atoms with Gasteiger partial charge in [0.15, 0.2) is 5.78 Å². The molecule has 0 amide bonds. The number of hydrogen-bond acceptors (Lipinski definition) is 1. The van der Waals surface area contributed by atoms with Crippen molar-refractivity contribution in [3.05, 3.63) is 23.8 Å². The number of carbonyl (C=O) groups excluding carboxylic acids is 1. The summed E-state index contributed by atoms with van der Waals surface area (Å²) in [6, 6.07) is 0. The second-order valence-electron chi connectivity index (χ2n) is 8.29. The van der Waals surface area contributed by atoms with E-state index in [1.165, 1.54) is 31.3 Å². The molecule has 1 spiro atoms. The second-order valence-corrected chi connectivity index (χ2v) is 8.29. The molecule has 0 saturated heterocycles. The van der Waals surface area contributed by atoms with Crippen LogP contribution in [0.25, 0.3) is 0 Å². The molecule has 0 aliphatic heterocycles. The van der Waals surface area contributed by atoms with Crippen molar-refractivity contribution < 1.29 is 4.79 Å². The third-order valence-corrected chi connectivity index (χ3v) is 6.78. The number of fused-ring (bicyclic) bond motifs is 1.